The second kappa shape index (κ2) is 7.71. The van der Waals surface area contributed by atoms with Crippen LogP contribution in [0.5, 0.6) is 5.75 Å². The summed E-state index contributed by atoms with van der Waals surface area (Å²) in [5.74, 6) is -6.36. The van der Waals surface area contributed by atoms with Crippen molar-refractivity contribution in [2.45, 2.75) is 44.2 Å². The molecule has 33 heavy (non-hydrogen) atoms. The quantitative estimate of drug-likeness (QED) is 0.418. The average Bonchev–Trinajstić information content (AvgIpc) is 2.72. The van der Waals surface area contributed by atoms with E-state index in [1.807, 2.05) is 6.92 Å². The van der Waals surface area contributed by atoms with E-state index in [0.29, 0.717) is 12.8 Å². The Morgan fingerprint density at radius 3 is 2.45 bits per heavy atom. The number of aromatic hydroxyl groups is 1. The molecule has 1 fully saturated rings. The number of aryl methyl sites for hydroxylation is 1. The fraction of sp³-hybridized carbons (Fsp3) is 0.458. The zero-order chi connectivity index (χ0) is 24.4. The molecule has 3 aliphatic rings. The molecule has 0 spiro atoms. The number of aliphatic hydroxyl groups excluding tert-OH is 2. The van der Waals surface area contributed by atoms with Crippen molar-refractivity contribution in [2.24, 2.45) is 17.6 Å². The van der Waals surface area contributed by atoms with Crippen LogP contribution in [0.1, 0.15) is 36.5 Å². The summed E-state index contributed by atoms with van der Waals surface area (Å²) >= 11 is 0. The molecule has 1 aromatic rings. The molecule has 9 nitrogen and oxygen atoms in total. The molecule has 0 bridgehead atoms. The zero-order valence-electron chi connectivity index (χ0n) is 18.8. The molecule has 0 saturated heterocycles. The van der Waals surface area contributed by atoms with E-state index in [1.54, 1.807) is 20.2 Å². The number of hydrogen-bond donors (Lipinski definition) is 5. The van der Waals surface area contributed by atoms with Gasteiger partial charge in [-0.1, -0.05) is 19.4 Å². The number of ketones is 2. The average molecular weight is 456 g/mol. The Labute approximate surface area is 190 Å². The fourth-order valence-corrected chi connectivity index (χ4v) is 5.81. The highest BCUT2D eigenvalue weighted by Crippen LogP contribution is 2.52. The number of rotatable bonds is 4. The maximum atomic E-state index is 13.7. The van der Waals surface area contributed by atoms with Gasteiger partial charge in [-0.2, -0.15) is 0 Å². The van der Waals surface area contributed by atoms with Crippen LogP contribution in [0.4, 0.5) is 0 Å². The zero-order valence-corrected chi connectivity index (χ0v) is 18.8. The number of nitrogens with zero attached hydrogens (tertiary/aromatic N) is 1. The molecule has 1 saturated carbocycles. The van der Waals surface area contributed by atoms with Crippen molar-refractivity contribution in [3.63, 3.8) is 0 Å². The topological polar surface area (TPSA) is 161 Å². The van der Waals surface area contributed by atoms with E-state index in [2.05, 4.69) is 0 Å². The number of fused-ring (bicyclic) bond motifs is 3. The van der Waals surface area contributed by atoms with Crippen LogP contribution in [0.3, 0.4) is 0 Å². The minimum absolute atomic E-state index is 0.0903. The predicted octanol–water partition coefficient (Wildman–Crippen LogP) is 0.916. The number of nitrogens with two attached hydrogens (primary N) is 1. The molecule has 1 amide bonds. The van der Waals surface area contributed by atoms with Gasteiger partial charge in [0.1, 0.15) is 22.8 Å². The van der Waals surface area contributed by atoms with Crippen LogP contribution in [-0.4, -0.2) is 68.5 Å². The van der Waals surface area contributed by atoms with Gasteiger partial charge in [0.2, 0.25) is 5.78 Å². The maximum absolute atomic E-state index is 13.7. The summed E-state index contributed by atoms with van der Waals surface area (Å²) in [4.78, 5) is 40.2. The van der Waals surface area contributed by atoms with Crippen molar-refractivity contribution in [1.82, 2.24) is 4.90 Å². The van der Waals surface area contributed by atoms with Gasteiger partial charge in [0.15, 0.2) is 11.4 Å². The van der Waals surface area contributed by atoms with E-state index in [0.717, 1.165) is 17.5 Å². The summed E-state index contributed by atoms with van der Waals surface area (Å²) in [6.07, 6.45) is 1.96. The van der Waals surface area contributed by atoms with E-state index < -0.39 is 58.0 Å². The lowest BCUT2D eigenvalue weighted by Crippen LogP contribution is -2.65. The number of Topliss-reactive ketones (excluding diaryl/α,β-unsaturated/α-hetero) is 2. The van der Waals surface area contributed by atoms with E-state index in [9.17, 15) is 34.8 Å². The van der Waals surface area contributed by atoms with Crippen LogP contribution < -0.4 is 5.73 Å². The highest BCUT2D eigenvalue weighted by Gasteiger charge is 2.64. The van der Waals surface area contributed by atoms with E-state index >= 15 is 0 Å². The van der Waals surface area contributed by atoms with Crippen LogP contribution in [0.2, 0.25) is 0 Å². The highest BCUT2D eigenvalue weighted by atomic mass is 16.3. The molecule has 9 heteroatoms. The first-order valence-corrected chi connectivity index (χ1v) is 10.9. The van der Waals surface area contributed by atoms with Crippen LogP contribution >= 0.6 is 0 Å². The molecule has 6 N–H and O–H groups in total. The molecule has 0 heterocycles. The Morgan fingerprint density at radius 1 is 1.21 bits per heavy atom. The van der Waals surface area contributed by atoms with Gasteiger partial charge in [0, 0.05) is 11.5 Å². The largest absolute Gasteiger partial charge is 0.508 e. The fourth-order valence-electron chi connectivity index (χ4n) is 5.81. The van der Waals surface area contributed by atoms with Crippen molar-refractivity contribution in [1.29, 1.82) is 0 Å². The summed E-state index contributed by atoms with van der Waals surface area (Å²) in [5.41, 5.74) is 3.55. The van der Waals surface area contributed by atoms with E-state index in [1.165, 1.54) is 11.0 Å². The Balaban J connectivity index is 1.97. The van der Waals surface area contributed by atoms with Crippen LogP contribution in [-0.2, 0) is 27.2 Å². The van der Waals surface area contributed by atoms with Crippen LogP contribution in [0.25, 0.3) is 5.76 Å². The third-order valence-electron chi connectivity index (χ3n) is 7.22. The SMILES string of the molecule is CCCc1ccc(O)c2c1C[C@H]1C[C@H]3[C@@H](N(C)C)C(=O)C(C(N)=O)=C(O)[C@@]3(O)C(=O)C1=C2O. The standard InChI is InChI=1S/C24H28N2O7/c1-4-5-10-6-7-14(27)16-12(10)8-11-9-13-18(26(2)3)20(29)17(23(25)32)22(31)24(13,33)21(30)15(11)19(16)28/h6-7,11,13,18,27-28,31,33H,4-5,8-9H2,1-3H3,(H2,25,32)/t11-,13-,18+,24-/m0/s1. The molecule has 4 rings (SSSR count). The third-order valence-corrected chi connectivity index (χ3v) is 7.22. The minimum atomic E-state index is -2.61. The molecule has 0 radical (unpaired) electrons. The van der Waals surface area contributed by atoms with Gasteiger partial charge in [-0.25, -0.2) is 0 Å². The lowest BCUT2D eigenvalue weighted by atomic mass is 9.57. The Bertz CT molecular complexity index is 1150. The Kier molecular flexibility index (Phi) is 5.37. The Morgan fingerprint density at radius 2 is 1.88 bits per heavy atom. The first-order valence-electron chi connectivity index (χ1n) is 10.9. The number of carbonyl (C=O) groups is 3. The maximum Gasteiger partial charge on any atom is 0.255 e. The molecule has 1 aromatic carbocycles. The van der Waals surface area contributed by atoms with Crippen molar-refractivity contribution in [2.75, 3.05) is 14.1 Å². The van der Waals surface area contributed by atoms with Crippen molar-refractivity contribution < 1.29 is 34.8 Å². The molecule has 0 unspecified atom stereocenters. The van der Waals surface area contributed by atoms with Gasteiger partial charge < -0.3 is 26.2 Å². The number of amides is 1. The van der Waals surface area contributed by atoms with Crippen molar-refractivity contribution >= 4 is 23.2 Å². The number of aliphatic hydroxyl groups is 3. The summed E-state index contributed by atoms with van der Waals surface area (Å²) < 4.78 is 0. The summed E-state index contributed by atoms with van der Waals surface area (Å²) in [5, 5.41) is 43.9. The predicted molar refractivity (Wildman–Crippen MR) is 118 cm³/mol. The first kappa shape index (κ1) is 23.0. The highest BCUT2D eigenvalue weighted by molar-refractivity contribution is 6.24. The van der Waals surface area contributed by atoms with Gasteiger partial charge in [-0.05, 0) is 56.5 Å². The second-order valence-electron chi connectivity index (χ2n) is 9.31. The first-order chi connectivity index (χ1) is 15.5. The second-order valence-corrected chi connectivity index (χ2v) is 9.31. The molecule has 3 aliphatic carbocycles. The molecule has 0 aliphatic heterocycles. The number of phenols is 1. The van der Waals surface area contributed by atoms with Gasteiger partial charge in [0.25, 0.3) is 5.91 Å². The van der Waals surface area contributed by atoms with Crippen molar-refractivity contribution in [3.05, 3.63) is 45.7 Å². The number of primary amides is 1. The molecular weight excluding hydrogens is 428 g/mol. The number of hydrogen-bond acceptors (Lipinski definition) is 8. The molecular formula is C24H28N2O7. The van der Waals surface area contributed by atoms with E-state index in [4.69, 9.17) is 5.73 Å². The molecule has 4 atom stereocenters. The summed E-state index contributed by atoms with van der Waals surface area (Å²) in [6, 6.07) is 2.16. The summed E-state index contributed by atoms with van der Waals surface area (Å²) in [6.45, 7) is 2.01. The normalized spacial score (nSPS) is 29.2. The van der Waals surface area contributed by atoms with Gasteiger partial charge in [-0.15, -0.1) is 0 Å². The van der Waals surface area contributed by atoms with Crippen LogP contribution in [0.15, 0.2) is 29.0 Å². The van der Waals surface area contributed by atoms with Crippen LogP contribution in [0, 0.1) is 11.8 Å². The lowest BCUT2D eigenvalue weighted by molar-refractivity contribution is -0.153. The molecule has 0 aromatic heterocycles. The number of benzene rings is 1. The number of carbonyl (C=O) groups excluding carboxylic acids is 3. The molecule has 176 valence electrons. The van der Waals surface area contributed by atoms with Gasteiger partial charge in [-0.3, -0.25) is 19.3 Å². The summed E-state index contributed by atoms with van der Waals surface area (Å²) in [7, 11) is 3.15. The number of likely N-dealkylation sites (N-methyl/N-ethyl adjacent to an activating group) is 1. The smallest absolute Gasteiger partial charge is 0.255 e. The Hall–Kier alpha value is -3.17. The van der Waals surface area contributed by atoms with Crippen molar-refractivity contribution in [3.8, 4) is 5.75 Å². The minimum Gasteiger partial charge on any atom is -0.508 e. The van der Waals surface area contributed by atoms with Gasteiger partial charge in [0.05, 0.1) is 11.6 Å². The lowest BCUT2D eigenvalue weighted by Gasteiger charge is -2.50. The van der Waals surface area contributed by atoms with E-state index in [-0.39, 0.29) is 23.3 Å². The van der Waals surface area contributed by atoms with Gasteiger partial charge >= 0.3 is 0 Å². The number of phenolic OH excluding ortho intramolecular Hbond substituents is 1. The monoisotopic (exact) mass is 456 g/mol. The third kappa shape index (κ3) is 3.02.